The molecule has 84 valence electrons. The van der Waals surface area contributed by atoms with Crippen LogP contribution < -0.4 is 10.6 Å². The summed E-state index contributed by atoms with van der Waals surface area (Å²) >= 11 is 0. The summed E-state index contributed by atoms with van der Waals surface area (Å²) in [7, 11) is 1.76. The summed E-state index contributed by atoms with van der Waals surface area (Å²) in [6.07, 6.45) is 2.26. The van der Waals surface area contributed by atoms with Crippen molar-refractivity contribution in [1.82, 2.24) is 4.98 Å². The first-order valence-corrected chi connectivity index (χ1v) is 5.06. The first-order valence-electron chi connectivity index (χ1n) is 5.06. The monoisotopic (exact) mass is 209 g/mol. The summed E-state index contributed by atoms with van der Waals surface area (Å²) in [6.45, 7) is 4.50. The van der Waals surface area contributed by atoms with Crippen molar-refractivity contribution in [1.29, 1.82) is 0 Å². The molecule has 1 rings (SSSR count). The second kappa shape index (κ2) is 4.49. The molecule has 15 heavy (non-hydrogen) atoms. The molecular formula is C11H19N3O. The second-order valence-corrected chi connectivity index (χ2v) is 4.55. The molecule has 1 aromatic heterocycles. The molecule has 0 aliphatic heterocycles. The third kappa shape index (κ3) is 3.09. The normalized spacial score (nSPS) is 11.5. The van der Waals surface area contributed by atoms with Crippen LogP contribution >= 0.6 is 0 Å². The number of aromatic nitrogens is 1. The fraction of sp³-hybridized carbons (Fsp3) is 0.545. The van der Waals surface area contributed by atoms with Gasteiger partial charge in [0.2, 0.25) is 5.91 Å². The van der Waals surface area contributed by atoms with Gasteiger partial charge in [0.15, 0.2) is 0 Å². The zero-order valence-electron chi connectivity index (χ0n) is 9.58. The number of hydrogen-bond acceptors (Lipinski definition) is 2. The van der Waals surface area contributed by atoms with Crippen molar-refractivity contribution in [3.63, 3.8) is 0 Å². The Morgan fingerprint density at radius 1 is 1.60 bits per heavy atom. The van der Waals surface area contributed by atoms with Gasteiger partial charge < -0.3 is 15.6 Å². The second-order valence-electron chi connectivity index (χ2n) is 4.55. The third-order valence-corrected chi connectivity index (χ3v) is 2.50. The summed E-state index contributed by atoms with van der Waals surface area (Å²) in [5, 5.41) is 0. The molecule has 0 bridgehead atoms. The van der Waals surface area contributed by atoms with Crippen molar-refractivity contribution in [3.8, 4) is 0 Å². The maximum Gasteiger partial charge on any atom is 0.228 e. The predicted molar refractivity (Wildman–Crippen MR) is 61.7 cm³/mol. The number of amides is 1. The maximum atomic E-state index is 11.9. The Balaban J connectivity index is 2.62. The molecule has 0 aromatic carbocycles. The highest BCUT2D eigenvalue weighted by Gasteiger charge is 2.23. The first-order chi connectivity index (χ1) is 6.96. The molecule has 1 heterocycles. The Morgan fingerprint density at radius 3 is 2.73 bits per heavy atom. The standard InChI is InChI=1S/C11H19N3O/c1-11(2,8-12)7-10(15)14(3)9-5-4-6-13-9/h4-6,13H,7-8,12H2,1-3H3. The third-order valence-electron chi connectivity index (χ3n) is 2.50. The number of carbonyl (C=O) groups is 1. The number of nitrogens with zero attached hydrogens (tertiary/aromatic N) is 1. The maximum absolute atomic E-state index is 11.9. The van der Waals surface area contributed by atoms with Crippen LogP contribution in [0.2, 0.25) is 0 Å². The Bertz CT molecular complexity index is 317. The minimum absolute atomic E-state index is 0.0768. The average molecular weight is 209 g/mol. The molecule has 0 saturated carbocycles. The quantitative estimate of drug-likeness (QED) is 0.786. The van der Waals surface area contributed by atoms with E-state index >= 15 is 0 Å². The molecule has 0 spiro atoms. The number of anilines is 1. The van der Waals surface area contributed by atoms with E-state index in [0.717, 1.165) is 5.82 Å². The van der Waals surface area contributed by atoms with Crippen molar-refractivity contribution in [2.45, 2.75) is 20.3 Å². The summed E-state index contributed by atoms with van der Waals surface area (Å²) in [4.78, 5) is 16.5. The van der Waals surface area contributed by atoms with Crippen LogP contribution in [0.25, 0.3) is 0 Å². The van der Waals surface area contributed by atoms with E-state index in [0.29, 0.717) is 13.0 Å². The fourth-order valence-electron chi connectivity index (χ4n) is 1.26. The topological polar surface area (TPSA) is 62.1 Å². The van der Waals surface area contributed by atoms with Crippen molar-refractivity contribution < 1.29 is 4.79 Å². The Kier molecular flexibility index (Phi) is 3.52. The number of hydrogen-bond donors (Lipinski definition) is 2. The van der Waals surface area contributed by atoms with Gasteiger partial charge in [-0.3, -0.25) is 4.79 Å². The van der Waals surface area contributed by atoms with Gasteiger partial charge in [0.25, 0.3) is 0 Å². The van der Waals surface area contributed by atoms with Crippen LogP contribution in [0.1, 0.15) is 20.3 Å². The number of rotatable bonds is 4. The Labute approximate surface area is 90.5 Å². The molecule has 1 amide bonds. The van der Waals surface area contributed by atoms with E-state index in [-0.39, 0.29) is 11.3 Å². The van der Waals surface area contributed by atoms with Crippen LogP contribution in [0.3, 0.4) is 0 Å². The molecule has 4 nitrogen and oxygen atoms in total. The van der Waals surface area contributed by atoms with Gasteiger partial charge in [-0.2, -0.15) is 0 Å². The molecule has 0 fully saturated rings. The lowest BCUT2D eigenvalue weighted by Gasteiger charge is -2.24. The van der Waals surface area contributed by atoms with Gasteiger partial charge in [-0.25, -0.2) is 0 Å². The molecule has 3 N–H and O–H groups in total. The zero-order chi connectivity index (χ0) is 11.5. The van der Waals surface area contributed by atoms with Crippen molar-refractivity contribution >= 4 is 11.7 Å². The molecule has 0 aliphatic carbocycles. The minimum Gasteiger partial charge on any atom is -0.348 e. The van der Waals surface area contributed by atoms with Gasteiger partial charge in [0.05, 0.1) is 0 Å². The molecule has 0 radical (unpaired) electrons. The van der Waals surface area contributed by atoms with E-state index < -0.39 is 0 Å². The minimum atomic E-state index is -0.141. The number of nitrogens with one attached hydrogen (secondary N) is 1. The summed E-state index contributed by atoms with van der Waals surface area (Å²) in [6, 6.07) is 3.74. The van der Waals surface area contributed by atoms with E-state index in [1.54, 1.807) is 18.1 Å². The lowest BCUT2D eigenvalue weighted by atomic mass is 9.89. The Hall–Kier alpha value is -1.29. The van der Waals surface area contributed by atoms with E-state index in [1.807, 2.05) is 26.0 Å². The fourth-order valence-corrected chi connectivity index (χ4v) is 1.26. The van der Waals surface area contributed by atoms with Gasteiger partial charge in [0, 0.05) is 19.7 Å². The van der Waals surface area contributed by atoms with E-state index in [4.69, 9.17) is 5.73 Å². The highest BCUT2D eigenvalue weighted by molar-refractivity contribution is 5.92. The summed E-state index contributed by atoms with van der Waals surface area (Å²) < 4.78 is 0. The number of carbonyl (C=O) groups excluding carboxylic acids is 1. The molecule has 0 atom stereocenters. The van der Waals surface area contributed by atoms with Gasteiger partial charge in [0.1, 0.15) is 5.82 Å². The van der Waals surface area contributed by atoms with E-state index in [2.05, 4.69) is 4.98 Å². The Morgan fingerprint density at radius 2 is 2.27 bits per heavy atom. The number of H-pyrrole nitrogens is 1. The number of nitrogens with two attached hydrogens (primary N) is 1. The zero-order valence-corrected chi connectivity index (χ0v) is 9.58. The molecule has 4 heteroatoms. The first kappa shape index (κ1) is 11.8. The smallest absolute Gasteiger partial charge is 0.228 e. The van der Waals surface area contributed by atoms with Crippen molar-refractivity contribution in [2.24, 2.45) is 11.1 Å². The van der Waals surface area contributed by atoms with Crippen LogP contribution in [0.5, 0.6) is 0 Å². The molecular weight excluding hydrogens is 190 g/mol. The molecule has 1 aromatic rings. The lowest BCUT2D eigenvalue weighted by molar-refractivity contribution is -0.120. The average Bonchev–Trinajstić information content (AvgIpc) is 2.68. The number of aromatic amines is 1. The van der Waals surface area contributed by atoms with Crippen LogP contribution in [0, 0.1) is 5.41 Å². The predicted octanol–water partition coefficient (Wildman–Crippen LogP) is 1.35. The largest absolute Gasteiger partial charge is 0.348 e. The van der Waals surface area contributed by atoms with Crippen LogP contribution in [-0.2, 0) is 4.79 Å². The SMILES string of the molecule is CN(C(=O)CC(C)(C)CN)c1ccc[nH]1. The highest BCUT2D eigenvalue weighted by Crippen LogP contribution is 2.20. The highest BCUT2D eigenvalue weighted by atomic mass is 16.2. The molecule has 0 saturated heterocycles. The molecule has 0 unspecified atom stereocenters. The van der Waals surface area contributed by atoms with Gasteiger partial charge in [-0.15, -0.1) is 0 Å². The summed E-state index contributed by atoms with van der Waals surface area (Å²) in [5.41, 5.74) is 5.45. The lowest BCUT2D eigenvalue weighted by Crippen LogP contribution is -2.34. The molecule has 0 aliphatic rings. The van der Waals surface area contributed by atoms with Gasteiger partial charge in [-0.1, -0.05) is 13.8 Å². The van der Waals surface area contributed by atoms with Crippen molar-refractivity contribution in [2.75, 3.05) is 18.5 Å². The van der Waals surface area contributed by atoms with Crippen LogP contribution in [-0.4, -0.2) is 24.5 Å². The van der Waals surface area contributed by atoms with Gasteiger partial charge >= 0.3 is 0 Å². The van der Waals surface area contributed by atoms with Crippen LogP contribution in [0.15, 0.2) is 18.3 Å². The van der Waals surface area contributed by atoms with E-state index in [9.17, 15) is 4.79 Å². The van der Waals surface area contributed by atoms with E-state index in [1.165, 1.54) is 0 Å². The summed E-state index contributed by atoms with van der Waals surface area (Å²) in [5.74, 6) is 0.890. The van der Waals surface area contributed by atoms with Crippen LogP contribution in [0.4, 0.5) is 5.82 Å². The van der Waals surface area contributed by atoms with Gasteiger partial charge in [-0.05, 0) is 24.1 Å². The van der Waals surface area contributed by atoms with Crippen molar-refractivity contribution in [3.05, 3.63) is 18.3 Å².